The van der Waals surface area contributed by atoms with Gasteiger partial charge in [0.25, 0.3) is 0 Å². The molecule has 2 aliphatic heterocycles. The van der Waals surface area contributed by atoms with Crippen LogP contribution in [0.4, 0.5) is 0 Å². The van der Waals surface area contributed by atoms with Gasteiger partial charge in [0.1, 0.15) is 0 Å². The predicted octanol–water partition coefficient (Wildman–Crippen LogP) is 0.833. The van der Waals surface area contributed by atoms with Gasteiger partial charge < -0.3 is 10.4 Å². The first-order valence-corrected chi connectivity index (χ1v) is 6.46. The van der Waals surface area contributed by atoms with Crippen molar-refractivity contribution in [3.05, 3.63) is 0 Å². The van der Waals surface area contributed by atoms with Crippen molar-refractivity contribution in [2.24, 2.45) is 5.92 Å². The van der Waals surface area contributed by atoms with Crippen LogP contribution in [0.2, 0.25) is 0 Å². The Morgan fingerprint density at radius 3 is 2.60 bits per heavy atom. The Morgan fingerprint density at radius 1 is 1.20 bits per heavy atom. The van der Waals surface area contributed by atoms with Crippen molar-refractivity contribution in [3.63, 3.8) is 0 Å². The third-order valence-corrected chi connectivity index (χ3v) is 3.97. The van der Waals surface area contributed by atoms with Crippen LogP contribution >= 0.6 is 0 Å². The molecule has 88 valence electrons. The zero-order valence-electron chi connectivity index (χ0n) is 9.62. The minimum Gasteiger partial charge on any atom is -0.396 e. The van der Waals surface area contributed by atoms with Gasteiger partial charge in [0.15, 0.2) is 0 Å². The highest BCUT2D eigenvalue weighted by Crippen LogP contribution is 2.24. The molecule has 2 aliphatic rings. The smallest absolute Gasteiger partial charge is 0.0431 e. The molecule has 15 heavy (non-hydrogen) atoms. The Morgan fingerprint density at radius 2 is 2.00 bits per heavy atom. The molecule has 0 saturated carbocycles. The zero-order chi connectivity index (χ0) is 10.5. The number of hydrogen-bond donors (Lipinski definition) is 2. The van der Waals surface area contributed by atoms with Crippen molar-refractivity contribution >= 4 is 0 Å². The van der Waals surface area contributed by atoms with Crippen molar-refractivity contribution in [1.82, 2.24) is 10.2 Å². The number of piperidine rings is 1. The molecule has 2 heterocycles. The molecule has 3 nitrogen and oxygen atoms in total. The molecule has 0 aromatic heterocycles. The Hall–Kier alpha value is -0.120. The lowest BCUT2D eigenvalue weighted by Gasteiger charge is -2.35. The van der Waals surface area contributed by atoms with E-state index in [2.05, 4.69) is 10.2 Å². The minimum absolute atomic E-state index is 0.368. The molecule has 1 atom stereocenters. The normalized spacial score (nSPS) is 29.8. The van der Waals surface area contributed by atoms with Gasteiger partial charge in [0.05, 0.1) is 0 Å². The van der Waals surface area contributed by atoms with E-state index >= 15 is 0 Å². The Kier molecular flexibility index (Phi) is 4.42. The summed E-state index contributed by atoms with van der Waals surface area (Å²) in [5, 5.41) is 12.2. The fraction of sp³-hybridized carbons (Fsp3) is 1.00. The zero-order valence-corrected chi connectivity index (χ0v) is 9.62. The summed E-state index contributed by atoms with van der Waals surface area (Å²) in [6, 6.07) is 0.809. The van der Waals surface area contributed by atoms with E-state index in [0.29, 0.717) is 6.61 Å². The molecule has 0 spiro atoms. The van der Waals surface area contributed by atoms with Crippen molar-refractivity contribution in [1.29, 1.82) is 0 Å². The second-order valence-corrected chi connectivity index (χ2v) is 4.99. The highest BCUT2D eigenvalue weighted by atomic mass is 16.2. The summed E-state index contributed by atoms with van der Waals surface area (Å²) in [5.74, 6) is 0.878. The number of hydrogen-bond acceptors (Lipinski definition) is 3. The first kappa shape index (κ1) is 11.4. The summed E-state index contributed by atoms with van der Waals surface area (Å²) in [5.41, 5.74) is 0. The maximum Gasteiger partial charge on any atom is 0.0431 e. The van der Waals surface area contributed by atoms with E-state index in [4.69, 9.17) is 5.11 Å². The Labute approximate surface area is 92.8 Å². The quantitative estimate of drug-likeness (QED) is 0.724. The van der Waals surface area contributed by atoms with Gasteiger partial charge in [-0.1, -0.05) is 0 Å². The lowest BCUT2D eigenvalue weighted by atomic mass is 9.91. The summed E-state index contributed by atoms with van der Waals surface area (Å²) in [6.45, 7) is 5.33. The summed E-state index contributed by atoms with van der Waals surface area (Å²) in [4.78, 5) is 2.66. The van der Waals surface area contributed by atoms with Gasteiger partial charge in [-0.3, -0.25) is 4.90 Å². The minimum atomic E-state index is 0.368. The molecule has 2 rings (SSSR count). The highest BCUT2D eigenvalue weighted by molar-refractivity contribution is 4.83. The molecule has 0 aromatic rings. The van der Waals surface area contributed by atoms with Crippen LogP contribution in [-0.2, 0) is 0 Å². The van der Waals surface area contributed by atoms with Gasteiger partial charge in [-0.15, -0.1) is 0 Å². The maximum atomic E-state index is 8.80. The SMILES string of the molecule is OCCCC1CCN(C2CCNC2)CC1. The van der Waals surface area contributed by atoms with E-state index < -0.39 is 0 Å². The van der Waals surface area contributed by atoms with Gasteiger partial charge in [0, 0.05) is 19.2 Å². The van der Waals surface area contributed by atoms with Gasteiger partial charge in [-0.2, -0.15) is 0 Å². The molecule has 1 unspecified atom stereocenters. The van der Waals surface area contributed by atoms with Crippen molar-refractivity contribution in [2.45, 2.75) is 38.1 Å². The van der Waals surface area contributed by atoms with E-state index in [-0.39, 0.29) is 0 Å². The summed E-state index contributed by atoms with van der Waals surface area (Å²) < 4.78 is 0. The van der Waals surface area contributed by atoms with E-state index in [1.807, 2.05) is 0 Å². The van der Waals surface area contributed by atoms with Crippen molar-refractivity contribution in [2.75, 3.05) is 32.8 Å². The first-order chi connectivity index (χ1) is 7.40. The lowest BCUT2D eigenvalue weighted by Crippen LogP contribution is -2.42. The number of nitrogens with zero attached hydrogens (tertiary/aromatic N) is 1. The Balaban J connectivity index is 1.67. The second-order valence-electron chi connectivity index (χ2n) is 4.99. The third-order valence-electron chi connectivity index (χ3n) is 3.97. The van der Waals surface area contributed by atoms with Crippen LogP contribution in [0.1, 0.15) is 32.1 Å². The fourth-order valence-corrected chi connectivity index (χ4v) is 2.94. The maximum absolute atomic E-state index is 8.80. The van der Waals surface area contributed by atoms with Crippen LogP contribution in [0.25, 0.3) is 0 Å². The largest absolute Gasteiger partial charge is 0.396 e. The van der Waals surface area contributed by atoms with Crippen molar-refractivity contribution < 1.29 is 5.11 Å². The van der Waals surface area contributed by atoms with Crippen LogP contribution < -0.4 is 5.32 Å². The highest BCUT2D eigenvalue weighted by Gasteiger charge is 2.26. The molecule has 0 amide bonds. The van der Waals surface area contributed by atoms with E-state index in [0.717, 1.165) is 18.4 Å². The molecule has 3 heteroatoms. The van der Waals surface area contributed by atoms with Crippen LogP contribution in [0, 0.1) is 5.92 Å². The fourth-order valence-electron chi connectivity index (χ4n) is 2.94. The topological polar surface area (TPSA) is 35.5 Å². The van der Waals surface area contributed by atoms with Gasteiger partial charge >= 0.3 is 0 Å². The monoisotopic (exact) mass is 212 g/mol. The predicted molar refractivity (Wildman–Crippen MR) is 61.9 cm³/mol. The molecular weight excluding hydrogens is 188 g/mol. The van der Waals surface area contributed by atoms with Crippen LogP contribution in [-0.4, -0.2) is 48.8 Å². The summed E-state index contributed by atoms with van der Waals surface area (Å²) >= 11 is 0. The first-order valence-electron chi connectivity index (χ1n) is 6.46. The average molecular weight is 212 g/mol. The number of aliphatic hydroxyl groups is 1. The summed E-state index contributed by atoms with van der Waals surface area (Å²) in [6.07, 6.45) is 6.25. The molecule has 0 aliphatic carbocycles. The molecule has 2 fully saturated rings. The molecule has 0 bridgehead atoms. The second kappa shape index (κ2) is 5.83. The number of rotatable bonds is 4. The van der Waals surface area contributed by atoms with Crippen LogP contribution in [0.5, 0.6) is 0 Å². The van der Waals surface area contributed by atoms with Gasteiger partial charge in [-0.05, 0) is 57.7 Å². The third kappa shape index (κ3) is 3.16. The van der Waals surface area contributed by atoms with Gasteiger partial charge in [-0.25, -0.2) is 0 Å². The van der Waals surface area contributed by atoms with Crippen LogP contribution in [0.3, 0.4) is 0 Å². The van der Waals surface area contributed by atoms with Crippen LogP contribution in [0.15, 0.2) is 0 Å². The molecule has 2 saturated heterocycles. The van der Waals surface area contributed by atoms with Crippen molar-refractivity contribution in [3.8, 4) is 0 Å². The molecule has 0 aromatic carbocycles. The van der Waals surface area contributed by atoms with E-state index in [9.17, 15) is 0 Å². The summed E-state index contributed by atoms with van der Waals surface area (Å²) in [7, 11) is 0. The molecular formula is C12H24N2O. The molecule has 0 radical (unpaired) electrons. The average Bonchev–Trinajstić information content (AvgIpc) is 2.80. The molecule has 2 N–H and O–H groups in total. The Bertz CT molecular complexity index is 172. The number of nitrogens with one attached hydrogen (secondary N) is 1. The number of likely N-dealkylation sites (tertiary alicyclic amines) is 1. The number of aliphatic hydroxyl groups excluding tert-OH is 1. The lowest BCUT2D eigenvalue weighted by molar-refractivity contribution is 0.132. The standard InChI is InChI=1S/C12H24N2O/c15-9-1-2-11-4-7-14(8-5-11)12-3-6-13-10-12/h11-13,15H,1-10H2. The van der Waals surface area contributed by atoms with Gasteiger partial charge in [0.2, 0.25) is 0 Å². The van der Waals surface area contributed by atoms with E-state index in [1.165, 1.54) is 51.9 Å². The van der Waals surface area contributed by atoms with E-state index in [1.54, 1.807) is 0 Å².